The van der Waals surface area contributed by atoms with Crippen LogP contribution >= 0.6 is 0 Å². The summed E-state index contributed by atoms with van der Waals surface area (Å²) in [5.74, 6) is 0.719. The number of benzene rings is 1. The number of fused-ring (bicyclic) bond motifs is 1. The van der Waals surface area contributed by atoms with Crippen molar-refractivity contribution in [2.24, 2.45) is 0 Å². The molecule has 0 amide bonds. The lowest BCUT2D eigenvalue weighted by Gasteiger charge is -2.12. The van der Waals surface area contributed by atoms with Gasteiger partial charge in [-0.3, -0.25) is 0 Å². The number of H-pyrrole nitrogens is 1. The lowest BCUT2D eigenvalue weighted by atomic mass is 9.98. The van der Waals surface area contributed by atoms with Crippen LogP contribution < -0.4 is 0 Å². The molecule has 1 aromatic carbocycles. The van der Waals surface area contributed by atoms with Crippen molar-refractivity contribution in [2.75, 3.05) is 19.6 Å². The van der Waals surface area contributed by atoms with Crippen LogP contribution in [0, 0.1) is 0 Å². The van der Waals surface area contributed by atoms with Gasteiger partial charge in [0.2, 0.25) is 0 Å². The van der Waals surface area contributed by atoms with Gasteiger partial charge in [-0.1, -0.05) is 25.1 Å². The van der Waals surface area contributed by atoms with Crippen molar-refractivity contribution in [1.82, 2.24) is 9.88 Å². The normalized spacial score (nSPS) is 21.9. The molecular weight excluding hydrogens is 196 g/mol. The highest BCUT2D eigenvalue weighted by Gasteiger charge is 2.24. The maximum atomic E-state index is 3.38. The van der Waals surface area contributed by atoms with Crippen molar-refractivity contribution in [3.8, 4) is 0 Å². The summed E-state index contributed by atoms with van der Waals surface area (Å²) in [4.78, 5) is 5.91. The van der Waals surface area contributed by atoms with Crippen LogP contribution in [-0.4, -0.2) is 29.5 Å². The third kappa shape index (κ3) is 1.54. The summed E-state index contributed by atoms with van der Waals surface area (Å²) in [5, 5.41) is 1.41. The van der Waals surface area contributed by atoms with Gasteiger partial charge in [0.05, 0.1) is 0 Å². The summed E-state index contributed by atoms with van der Waals surface area (Å²) in [6, 6.07) is 8.61. The fraction of sp³-hybridized carbons (Fsp3) is 0.429. The van der Waals surface area contributed by atoms with Crippen LogP contribution in [0.15, 0.2) is 30.5 Å². The van der Waals surface area contributed by atoms with Crippen molar-refractivity contribution in [1.29, 1.82) is 0 Å². The largest absolute Gasteiger partial charge is 0.361 e. The first-order valence-corrected chi connectivity index (χ1v) is 6.17. The topological polar surface area (TPSA) is 19.0 Å². The maximum Gasteiger partial charge on any atom is 0.0456 e. The monoisotopic (exact) mass is 214 g/mol. The summed E-state index contributed by atoms with van der Waals surface area (Å²) >= 11 is 0. The van der Waals surface area contributed by atoms with E-state index in [0.717, 1.165) is 5.92 Å². The fourth-order valence-electron chi connectivity index (χ4n) is 2.81. The molecule has 2 aromatic rings. The molecule has 0 radical (unpaired) electrons. The van der Waals surface area contributed by atoms with Crippen LogP contribution in [0.25, 0.3) is 10.9 Å². The molecule has 1 aliphatic rings. The molecule has 3 rings (SSSR count). The number of nitrogens with zero attached hydrogens (tertiary/aromatic N) is 1. The third-order valence-electron chi connectivity index (χ3n) is 3.78. The number of aromatic amines is 1. The van der Waals surface area contributed by atoms with Crippen LogP contribution in [-0.2, 0) is 0 Å². The minimum atomic E-state index is 0.719. The van der Waals surface area contributed by atoms with Crippen LogP contribution in [0.3, 0.4) is 0 Å². The van der Waals surface area contributed by atoms with E-state index in [9.17, 15) is 0 Å². The lowest BCUT2D eigenvalue weighted by molar-refractivity contribution is 0.354. The second-order valence-corrected chi connectivity index (χ2v) is 4.67. The van der Waals surface area contributed by atoms with E-state index in [4.69, 9.17) is 0 Å². The minimum absolute atomic E-state index is 0.719. The van der Waals surface area contributed by atoms with Crippen molar-refractivity contribution in [3.05, 3.63) is 36.0 Å². The third-order valence-corrected chi connectivity index (χ3v) is 3.78. The van der Waals surface area contributed by atoms with Gasteiger partial charge in [-0.25, -0.2) is 0 Å². The Bertz CT molecular complexity index is 486. The first-order chi connectivity index (χ1) is 7.88. The predicted molar refractivity (Wildman–Crippen MR) is 67.8 cm³/mol. The first-order valence-electron chi connectivity index (χ1n) is 6.17. The smallest absolute Gasteiger partial charge is 0.0456 e. The molecule has 1 fully saturated rings. The molecule has 2 heteroatoms. The fourth-order valence-corrected chi connectivity index (χ4v) is 2.81. The number of para-hydroxylation sites is 1. The standard InChI is InChI=1S/C14H18N2/c1-2-16-8-7-11(10-16)13-9-15-14-6-4-3-5-12(13)14/h3-6,9,11,15H,2,7-8,10H2,1H3/t11-/m0/s1. The quantitative estimate of drug-likeness (QED) is 0.814. The molecule has 0 spiro atoms. The number of hydrogen-bond donors (Lipinski definition) is 1. The van der Waals surface area contributed by atoms with E-state index in [1.807, 2.05) is 0 Å². The SMILES string of the molecule is CCN1CC[C@H](c2c[nH]c3ccccc23)C1. The zero-order chi connectivity index (χ0) is 11.0. The van der Waals surface area contributed by atoms with Gasteiger partial charge in [-0.2, -0.15) is 0 Å². The molecule has 0 aliphatic carbocycles. The van der Waals surface area contributed by atoms with Gasteiger partial charge in [0.25, 0.3) is 0 Å². The van der Waals surface area contributed by atoms with E-state index in [1.54, 1.807) is 0 Å². The van der Waals surface area contributed by atoms with E-state index in [0.29, 0.717) is 0 Å². The summed E-state index contributed by atoms with van der Waals surface area (Å²) in [7, 11) is 0. The van der Waals surface area contributed by atoms with Gasteiger partial charge in [0.15, 0.2) is 0 Å². The second-order valence-electron chi connectivity index (χ2n) is 4.67. The molecule has 1 atom stereocenters. The zero-order valence-electron chi connectivity index (χ0n) is 9.74. The van der Waals surface area contributed by atoms with Gasteiger partial charge in [0.1, 0.15) is 0 Å². The average molecular weight is 214 g/mol. The van der Waals surface area contributed by atoms with E-state index in [-0.39, 0.29) is 0 Å². The Morgan fingerprint density at radius 2 is 2.25 bits per heavy atom. The highest BCUT2D eigenvalue weighted by atomic mass is 15.1. The van der Waals surface area contributed by atoms with E-state index < -0.39 is 0 Å². The Hall–Kier alpha value is -1.28. The van der Waals surface area contributed by atoms with Crippen LogP contribution in [0.1, 0.15) is 24.8 Å². The zero-order valence-corrected chi connectivity index (χ0v) is 9.74. The Labute approximate surface area is 96.3 Å². The van der Waals surface area contributed by atoms with Gasteiger partial charge in [0, 0.05) is 23.6 Å². The highest BCUT2D eigenvalue weighted by Crippen LogP contribution is 2.32. The number of rotatable bonds is 2. The van der Waals surface area contributed by atoms with Gasteiger partial charge in [-0.15, -0.1) is 0 Å². The minimum Gasteiger partial charge on any atom is -0.361 e. The van der Waals surface area contributed by atoms with Crippen LogP contribution in [0.2, 0.25) is 0 Å². The average Bonchev–Trinajstić information content (AvgIpc) is 2.94. The Balaban J connectivity index is 1.95. The summed E-state index contributed by atoms with van der Waals surface area (Å²) in [5.41, 5.74) is 2.78. The van der Waals surface area contributed by atoms with E-state index in [2.05, 4.69) is 47.3 Å². The molecule has 2 nitrogen and oxygen atoms in total. The Kier molecular flexibility index (Phi) is 2.44. The van der Waals surface area contributed by atoms with Crippen LogP contribution in [0.5, 0.6) is 0 Å². The number of likely N-dealkylation sites (tertiary alicyclic amines) is 1. The molecular formula is C14H18N2. The van der Waals surface area contributed by atoms with Crippen molar-refractivity contribution in [3.63, 3.8) is 0 Å². The molecule has 0 bridgehead atoms. The number of nitrogens with one attached hydrogen (secondary N) is 1. The number of aromatic nitrogens is 1. The predicted octanol–water partition coefficient (Wildman–Crippen LogP) is 2.98. The molecule has 16 heavy (non-hydrogen) atoms. The van der Waals surface area contributed by atoms with E-state index in [1.165, 1.54) is 42.5 Å². The summed E-state index contributed by atoms with van der Waals surface area (Å²) in [6.07, 6.45) is 3.50. The maximum absolute atomic E-state index is 3.38. The van der Waals surface area contributed by atoms with Gasteiger partial charge >= 0.3 is 0 Å². The summed E-state index contributed by atoms with van der Waals surface area (Å²) in [6.45, 7) is 5.90. The number of likely N-dealkylation sites (N-methyl/N-ethyl adjacent to an activating group) is 1. The molecule has 0 saturated carbocycles. The van der Waals surface area contributed by atoms with Crippen molar-refractivity contribution < 1.29 is 0 Å². The molecule has 1 aromatic heterocycles. The van der Waals surface area contributed by atoms with E-state index >= 15 is 0 Å². The number of hydrogen-bond acceptors (Lipinski definition) is 1. The van der Waals surface area contributed by atoms with Gasteiger partial charge < -0.3 is 9.88 Å². The van der Waals surface area contributed by atoms with Crippen molar-refractivity contribution in [2.45, 2.75) is 19.3 Å². The molecule has 0 unspecified atom stereocenters. The Morgan fingerprint density at radius 3 is 3.06 bits per heavy atom. The van der Waals surface area contributed by atoms with Crippen molar-refractivity contribution >= 4 is 10.9 Å². The summed E-state index contributed by atoms with van der Waals surface area (Å²) < 4.78 is 0. The lowest BCUT2D eigenvalue weighted by Crippen LogP contribution is -2.19. The Morgan fingerprint density at radius 1 is 1.38 bits per heavy atom. The van der Waals surface area contributed by atoms with Gasteiger partial charge in [-0.05, 0) is 37.1 Å². The van der Waals surface area contributed by atoms with Crippen LogP contribution in [0.4, 0.5) is 0 Å². The molecule has 1 saturated heterocycles. The first kappa shape index (κ1) is 9.91. The molecule has 84 valence electrons. The molecule has 1 N–H and O–H groups in total. The molecule has 1 aliphatic heterocycles. The second kappa shape index (κ2) is 3.95. The molecule has 2 heterocycles. The highest BCUT2D eigenvalue weighted by molar-refractivity contribution is 5.83.